The topological polar surface area (TPSA) is 53.4 Å². The molecule has 4 nitrogen and oxygen atoms in total. The summed E-state index contributed by atoms with van der Waals surface area (Å²) in [5.41, 5.74) is 0.858. The number of thiazole rings is 1. The third-order valence-electron chi connectivity index (χ3n) is 1.92. The summed E-state index contributed by atoms with van der Waals surface area (Å²) in [6.45, 7) is 2.27. The molecule has 0 atom stereocenters. The molecule has 1 N–H and O–H groups in total. The summed E-state index contributed by atoms with van der Waals surface area (Å²) in [7, 11) is 3.74. The fourth-order valence-corrected chi connectivity index (χ4v) is 2.27. The zero-order chi connectivity index (χ0) is 11.4. The van der Waals surface area contributed by atoms with Crippen LogP contribution in [-0.2, 0) is 17.8 Å². The van der Waals surface area contributed by atoms with Crippen LogP contribution in [-0.4, -0.2) is 41.4 Å². The smallest absolute Gasteiger partial charge is 0.152 e. The third-order valence-corrected chi connectivity index (χ3v) is 3.06. The van der Waals surface area contributed by atoms with E-state index in [1.54, 1.807) is 0 Å². The maximum Gasteiger partial charge on any atom is 0.152 e. The second-order valence-corrected chi connectivity index (χ2v) is 4.90. The first-order valence-electron chi connectivity index (χ1n) is 4.75. The van der Waals surface area contributed by atoms with Gasteiger partial charge < -0.3 is 10.0 Å². The van der Waals surface area contributed by atoms with Gasteiger partial charge in [0.1, 0.15) is 5.01 Å². The summed E-state index contributed by atoms with van der Waals surface area (Å²) >= 11 is 1.41. The summed E-state index contributed by atoms with van der Waals surface area (Å²) in [5, 5.41) is 9.59. The maximum absolute atomic E-state index is 11.5. The Morgan fingerprint density at radius 1 is 1.53 bits per heavy atom. The van der Waals surface area contributed by atoms with Gasteiger partial charge in [-0.2, -0.15) is 0 Å². The van der Waals surface area contributed by atoms with Crippen molar-refractivity contribution in [1.29, 1.82) is 0 Å². The zero-order valence-corrected chi connectivity index (χ0v) is 10.1. The lowest BCUT2D eigenvalue weighted by atomic mass is 10.2. The molecule has 0 aliphatic heterocycles. The van der Waals surface area contributed by atoms with Crippen LogP contribution in [0, 0.1) is 6.92 Å². The molecule has 1 aromatic heterocycles. The Hall–Kier alpha value is -0.780. The number of likely N-dealkylation sites (N-methyl/N-ethyl adjacent to an activating group) is 1. The van der Waals surface area contributed by atoms with Crippen LogP contribution < -0.4 is 0 Å². The molecule has 84 valence electrons. The number of aliphatic hydroxyl groups excluding tert-OH is 1. The molecule has 0 fully saturated rings. The first-order chi connectivity index (χ1) is 7.02. The van der Waals surface area contributed by atoms with Crippen molar-refractivity contribution in [3.63, 3.8) is 0 Å². The molecule has 0 bridgehead atoms. The minimum Gasteiger partial charge on any atom is -0.389 e. The SMILES string of the molecule is Cc1nc(CO)sc1CC(=O)CN(C)C. The van der Waals surface area contributed by atoms with Crippen molar-refractivity contribution in [2.75, 3.05) is 20.6 Å². The molecule has 1 rings (SSSR count). The van der Waals surface area contributed by atoms with E-state index < -0.39 is 0 Å². The molecular weight excluding hydrogens is 212 g/mol. The Bertz CT molecular complexity index is 347. The summed E-state index contributed by atoms with van der Waals surface area (Å²) in [4.78, 5) is 18.5. The van der Waals surface area contributed by atoms with Gasteiger partial charge in [-0.15, -0.1) is 11.3 Å². The maximum atomic E-state index is 11.5. The van der Waals surface area contributed by atoms with Crippen molar-refractivity contribution in [3.8, 4) is 0 Å². The summed E-state index contributed by atoms with van der Waals surface area (Å²) < 4.78 is 0. The molecule has 0 amide bonds. The Labute approximate surface area is 93.6 Å². The van der Waals surface area contributed by atoms with Crippen molar-refractivity contribution in [3.05, 3.63) is 15.6 Å². The van der Waals surface area contributed by atoms with Gasteiger partial charge in [-0.3, -0.25) is 4.79 Å². The molecule has 1 heterocycles. The van der Waals surface area contributed by atoms with Crippen LogP contribution in [0.5, 0.6) is 0 Å². The van der Waals surface area contributed by atoms with Crippen LogP contribution in [0.1, 0.15) is 15.6 Å². The highest BCUT2D eigenvalue weighted by Crippen LogP contribution is 2.18. The standard InChI is InChI=1S/C10H16N2O2S/c1-7-9(15-10(6-13)11-7)4-8(14)5-12(2)3/h13H,4-6H2,1-3H3. The normalized spacial score (nSPS) is 11.0. The molecule has 1 aromatic rings. The number of aliphatic hydroxyl groups is 1. The Balaban J connectivity index is 2.63. The number of ketones is 1. The molecular formula is C10H16N2O2S. The number of carbonyl (C=O) groups is 1. The molecule has 15 heavy (non-hydrogen) atoms. The predicted molar refractivity (Wildman–Crippen MR) is 60.0 cm³/mol. The molecule has 0 spiro atoms. The molecule has 0 aliphatic carbocycles. The van der Waals surface area contributed by atoms with E-state index in [-0.39, 0.29) is 12.4 Å². The Kier molecular flexibility index (Phi) is 4.38. The molecule has 0 aromatic carbocycles. The minimum atomic E-state index is -0.0482. The van der Waals surface area contributed by atoms with E-state index in [1.165, 1.54) is 11.3 Å². The van der Waals surface area contributed by atoms with Gasteiger partial charge in [0.25, 0.3) is 0 Å². The molecule has 0 saturated heterocycles. The van der Waals surface area contributed by atoms with Gasteiger partial charge in [-0.1, -0.05) is 0 Å². The second-order valence-electron chi connectivity index (χ2n) is 3.73. The average molecular weight is 228 g/mol. The van der Waals surface area contributed by atoms with Gasteiger partial charge in [0.05, 0.1) is 18.8 Å². The number of aryl methyl sites for hydroxylation is 1. The van der Waals surface area contributed by atoms with E-state index in [0.717, 1.165) is 10.6 Å². The number of rotatable bonds is 5. The Morgan fingerprint density at radius 2 is 2.20 bits per heavy atom. The number of hydrogen-bond acceptors (Lipinski definition) is 5. The molecule has 0 saturated carbocycles. The van der Waals surface area contributed by atoms with Gasteiger partial charge in [0.15, 0.2) is 5.78 Å². The summed E-state index contributed by atoms with van der Waals surface area (Å²) in [6.07, 6.45) is 0.418. The van der Waals surface area contributed by atoms with Crippen molar-refractivity contribution in [1.82, 2.24) is 9.88 Å². The van der Waals surface area contributed by atoms with Crippen LogP contribution in [0.2, 0.25) is 0 Å². The van der Waals surface area contributed by atoms with E-state index in [9.17, 15) is 4.79 Å². The van der Waals surface area contributed by atoms with E-state index in [0.29, 0.717) is 18.0 Å². The number of aromatic nitrogens is 1. The lowest BCUT2D eigenvalue weighted by Crippen LogP contribution is -2.22. The quantitative estimate of drug-likeness (QED) is 0.802. The summed E-state index contributed by atoms with van der Waals surface area (Å²) in [5.74, 6) is 0.177. The molecule has 5 heteroatoms. The number of carbonyl (C=O) groups excluding carboxylic acids is 1. The van der Waals surface area contributed by atoms with Crippen molar-refractivity contribution >= 4 is 17.1 Å². The molecule has 0 aliphatic rings. The monoisotopic (exact) mass is 228 g/mol. The van der Waals surface area contributed by atoms with Gasteiger partial charge in [-0.05, 0) is 21.0 Å². The number of nitrogens with zero attached hydrogens (tertiary/aromatic N) is 2. The van der Waals surface area contributed by atoms with Gasteiger partial charge in [0, 0.05) is 11.3 Å². The molecule has 0 radical (unpaired) electrons. The van der Waals surface area contributed by atoms with Crippen LogP contribution in [0.4, 0.5) is 0 Å². The Morgan fingerprint density at radius 3 is 2.67 bits per heavy atom. The van der Waals surface area contributed by atoms with Crippen molar-refractivity contribution in [2.24, 2.45) is 0 Å². The van der Waals surface area contributed by atoms with E-state index in [2.05, 4.69) is 4.98 Å². The lowest BCUT2D eigenvalue weighted by Gasteiger charge is -2.07. The second kappa shape index (κ2) is 5.34. The minimum absolute atomic E-state index is 0.0482. The van der Waals surface area contributed by atoms with Gasteiger partial charge in [-0.25, -0.2) is 4.98 Å². The van der Waals surface area contributed by atoms with Crippen molar-refractivity contribution in [2.45, 2.75) is 20.0 Å². The van der Waals surface area contributed by atoms with E-state index in [4.69, 9.17) is 5.11 Å². The first-order valence-corrected chi connectivity index (χ1v) is 5.57. The lowest BCUT2D eigenvalue weighted by molar-refractivity contribution is -0.118. The number of Topliss-reactive ketones (excluding diaryl/α,β-unsaturated/α-hetero) is 1. The fraction of sp³-hybridized carbons (Fsp3) is 0.600. The van der Waals surface area contributed by atoms with E-state index >= 15 is 0 Å². The van der Waals surface area contributed by atoms with E-state index in [1.807, 2.05) is 25.9 Å². The first kappa shape index (κ1) is 12.3. The largest absolute Gasteiger partial charge is 0.389 e. The van der Waals surface area contributed by atoms with Gasteiger partial charge >= 0.3 is 0 Å². The highest BCUT2D eigenvalue weighted by Gasteiger charge is 2.11. The molecule has 0 unspecified atom stereocenters. The van der Waals surface area contributed by atoms with Crippen LogP contribution >= 0.6 is 11.3 Å². The van der Waals surface area contributed by atoms with Crippen molar-refractivity contribution < 1.29 is 9.90 Å². The summed E-state index contributed by atoms with van der Waals surface area (Å²) in [6, 6.07) is 0. The van der Waals surface area contributed by atoms with Crippen LogP contribution in [0.15, 0.2) is 0 Å². The van der Waals surface area contributed by atoms with Crippen LogP contribution in [0.25, 0.3) is 0 Å². The predicted octanol–water partition coefficient (Wildman–Crippen LogP) is 0.617. The zero-order valence-electron chi connectivity index (χ0n) is 9.28. The highest BCUT2D eigenvalue weighted by atomic mass is 32.1. The third kappa shape index (κ3) is 3.70. The van der Waals surface area contributed by atoms with Crippen LogP contribution in [0.3, 0.4) is 0 Å². The van der Waals surface area contributed by atoms with Gasteiger partial charge in [0.2, 0.25) is 0 Å². The number of hydrogen-bond donors (Lipinski definition) is 1. The fourth-order valence-electron chi connectivity index (χ4n) is 1.31. The highest BCUT2D eigenvalue weighted by molar-refractivity contribution is 7.11. The average Bonchev–Trinajstić information content (AvgIpc) is 2.46.